The third-order valence-corrected chi connectivity index (χ3v) is 2.54. The normalized spacial score (nSPS) is 27.3. The first-order valence-corrected chi connectivity index (χ1v) is 5.09. The highest BCUT2D eigenvalue weighted by Gasteiger charge is 2.22. The molecule has 82 valence electrons. The zero-order valence-electron chi connectivity index (χ0n) is 8.57. The summed E-state index contributed by atoms with van der Waals surface area (Å²) < 4.78 is 10.1. The number of aliphatic hydroxyl groups is 1. The van der Waals surface area contributed by atoms with Crippen molar-refractivity contribution in [3.05, 3.63) is 0 Å². The SMILES string of the molecule is COC(=O)CC[C@H]1CCC[C@H](CO)O1. The van der Waals surface area contributed by atoms with Crippen LogP contribution in [0.3, 0.4) is 0 Å². The van der Waals surface area contributed by atoms with Gasteiger partial charge in [-0.3, -0.25) is 4.79 Å². The Hall–Kier alpha value is -0.610. The van der Waals surface area contributed by atoms with Crippen LogP contribution < -0.4 is 0 Å². The average molecular weight is 202 g/mol. The van der Waals surface area contributed by atoms with Crippen molar-refractivity contribution in [2.24, 2.45) is 0 Å². The standard InChI is InChI=1S/C10H18O4/c1-13-10(12)6-5-8-3-2-4-9(7-11)14-8/h8-9,11H,2-7H2,1H3/t8-,9-/m1/s1. The number of rotatable bonds is 4. The maximum absolute atomic E-state index is 10.9. The molecule has 1 saturated heterocycles. The zero-order valence-corrected chi connectivity index (χ0v) is 8.57. The van der Waals surface area contributed by atoms with Crippen molar-refractivity contribution in [1.29, 1.82) is 0 Å². The van der Waals surface area contributed by atoms with E-state index < -0.39 is 0 Å². The van der Waals surface area contributed by atoms with E-state index in [1.165, 1.54) is 7.11 Å². The van der Waals surface area contributed by atoms with E-state index in [1.54, 1.807) is 0 Å². The van der Waals surface area contributed by atoms with E-state index in [1.807, 2.05) is 0 Å². The number of ether oxygens (including phenoxy) is 2. The van der Waals surface area contributed by atoms with E-state index in [4.69, 9.17) is 9.84 Å². The minimum atomic E-state index is -0.195. The van der Waals surface area contributed by atoms with Crippen LogP contribution in [0.25, 0.3) is 0 Å². The summed E-state index contributed by atoms with van der Waals surface area (Å²) in [6.45, 7) is 0.0781. The van der Waals surface area contributed by atoms with Crippen LogP contribution in [0.5, 0.6) is 0 Å². The van der Waals surface area contributed by atoms with Crippen LogP contribution in [-0.2, 0) is 14.3 Å². The lowest BCUT2D eigenvalue weighted by Crippen LogP contribution is -2.30. The lowest BCUT2D eigenvalue weighted by atomic mass is 10.0. The molecule has 1 aliphatic heterocycles. The van der Waals surface area contributed by atoms with Crippen molar-refractivity contribution in [2.75, 3.05) is 13.7 Å². The number of aliphatic hydroxyl groups excluding tert-OH is 1. The van der Waals surface area contributed by atoms with Gasteiger partial charge in [0.2, 0.25) is 0 Å². The van der Waals surface area contributed by atoms with Gasteiger partial charge in [0.05, 0.1) is 25.9 Å². The quantitative estimate of drug-likeness (QED) is 0.687. The number of carbonyl (C=O) groups excluding carboxylic acids is 1. The summed E-state index contributed by atoms with van der Waals surface area (Å²) >= 11 is 0. The average Bonchev–Trinajstić information content (AvgIpc) is 2.26. The largest absolute Gasteiger partial charge is 0.469 e. The molecule has 0 radical (unpaired) electrons. The molecule has 14 heavy (non-hydrogen) atoms. The van der Waals surface area contributed by atoms with Crippen LogP contribution in [0.2, 0.25) is 0 Å². The van der Waals surface area contributed by atoms with Gasteiger partial charge in [0.15, 0.2) is 0 Å². The van der Waals surface area contributed by atoms with Gasteiger partial charge in [0.25, 0.3) is 0 Å². The molecule has 0 unspecified atom stereocenters. The highest BCUT2D eigenvalue weighted by atomic mass is 16.5. The molecule has 0 saturated carbocycles. The highest BCUT2D eigenvalue weighted by Crippen LogP contribution is 2.21. The molecule has 0 amide bonds. The fourth-order valence-corrected chi connectivity index (χ4v) is 1.71. The van der Waals surface area contributed by atoms with E-state index in [9.17, 15) is 4.79 Å². The number of carbonyl (C=O) groups is 1. The first-order valence-electron chi connectivity index (χ1n) is 5.09. The van der Waals surface area contributed by atoms with Gasteiger partial charge in [0.1, 0.15) is 0 Å². The number of hydrogen-bond acceptors (Lipinski definition) is 4. The third kappa shape index (κ3) is 3.64. The molecule has 0 aromatic carbocycles. The van der Waals surface area contributed by atoms with Gasteiger partial charge in [-0.05, 0) is 25.7 Å². The molecule has 1 rings (SSSR count). The Balaban J connectivity index is 2.20. The van der Waals surface area contributed by atoms with E-state index >= 15 is 0 Å². The van der Waals surface area contributed by atoms with Crippen LogP contribution >= 0.6 is 0 Å². The zero-order chi connectivity index (χ0) is 10.4. The van der Waals surface area contributed by atoms with Crippen molar-refractivity contribution < 1.29 is 19.4 Å². The summed E-state index contributed by atoms with van der Waals surface area (Å²) in [6, 6.07) is 0. The second kappa shape index (κ2) is 5.98. The minimum absolute atomic E-state index is 0.0357. The Morgan fingerprint density at radius 2 is 2.21 bits per heavy atom. The van der Waals surface area contributed by atoms with Gasteiger partial charge in [-0.15, -0.1) is 0 Å². The number of esters is 1. The predicted octanol–water partition coefficient (Wildman–Crippen LogP) is 0.870. The van der Waals surface area contributed by atoms with E-state index in [2.05, 4.69) is 4.74 Å². The summed E-state index contributed by atoms with van der Waals surface area (Å²) in [4.78, 5) is 10.9. The molecule has 1 fully saturated rings. The maximum atomic E-state index is 10.9. The molecular formula is C10H18O4. The summed E-state index contributed by atoms with van der Waals surface area (Å²) in [5.74, 6) is -0.195. The van der Waals surface area contributed by atoms with Gasteiger partial charge in [-0.25, -0.2) is 0 Å². The predicted molar refractivity (Wildman–Crippen MR) is 50.8 cm³/mol. The lowest BCUT2D eigenvalue weighted by molar-refractivity contribution is -0.142. The summed E-state index contributed by atoms with van der Waals surface area (Å²) in [5, 5.41) is 8.92. The molecule has 1 aliphatic rings. The van der Waals surface area contributed by atoms with Crippen molar-refractivity contribution in [2.45, 2.75) is 44.3 Å². The maximum Gasteiger partial charge on any atom is 0.305 e. The van der Waals surface area contributed by atoms with Crippen molar-refractivity contribution in [3.8, 4) is 0 Å². The molecule has 0 aromatic rings. The highest BCUT2D eigenvalue weighted by molar-refractivity contribution is 5.69. The Kier molecular flexibility index (Phi) is 4.90. The Bertz CT molecular complexity index is 181. The molecule has 0 aromatic heterocycles. The van der Waals surface area contributed by atoms with Crippen LogP contribution in [0.4, 0.5) is 0 Å². The molecular weight excluding hydrogens is 184 g/mol. The van der Waals surface area contributed by atoms with Gasteiger partial charge < -0.3 is 14.6 Å². The molecule has 4 heteroatoms. The molecule has 0 aliphatic carbocycles. The van der Waals surface area contributed by atoms with Crippen LogP contribution in [0, 0.1) is 0 Å². The molecule has 1 heterocycles. The number of hydrogen-bond donors (Lipinski definition) is 1. The molecule has 2 atom stereocenters. The lowest BCUT2D eigenvalue weighted by Gasteiger charge is -2.28. The third-order valence-electron chi connectivity index (χ3n) is 2.54. The molecule has 0 spiro atoms. The second-order valence-electron chi connectivity index (χ2n) is 3.61. The molecule has 1 N–H and O–H groups in total. The Labute approximate surface area is 84.2 Å². The summed E-state index contributed by atoms with van der Waals surface area (Å²) in [7, 11) is 1.39. The smallest absolute Gasteiger partial charge is 0.305 e. The fourth-order valence-electron chi connectivity index (χ4n) is 1.71. The molecule has 4 nitrogen and oxygen atoms in total. The monoisotopic (exact) mass is 202 g/mol. The van der Waals surface area contributed by atoms with Crippen LogP contribution in [-0.4, -0.2) is 37.0 Å². The summed E-state index contributed by atoms with van der Waals surface area (Å²) in [6.07, 6.45) is 4.14. The van der Waals surface area contributed by atoms with Gasteiger partial charge in [0, 0.05) is 6.42 Å². The second-order valence-corrected chi connectivity index (χ2v) is 3.61. The molecule has 0 bridgehead atoms. The fraction of sp³-hybridized carbons (Fsp3) is 0.900. The van der Waals surface area contributed by atoms with Crippen molar-refractivity contribution >= 4 is 5.97 Å². The topological polar surface area (TPSA) is 55.8 Å². The van der Waals surface area contributed by atoms with E-state index in [-0.39, 0.29) is 24.8 Å². The van der Waals surface area contributed by atoms with Gasteiger partial charge >= 0.3 is 5.97 Å². The van der Waals surface area contributed by atoms with Gasteiger partial charge in [-0.2, -0.15) is 0 Å². The van der Waals surface area contributed by atoms with Crippen molar-refractivity contribution in [1.82, 2.24) is 0 Å². The first-order chi connectivity index (χ1) is 6.76. The van der Waals surface area contributed by atoms with E-state index in [0.717, 1.165) is 19.3 Å². The van der Waals surface area contributed by atoms with E-state index in [0.29, 0.717) is 12.8 Å². The Morgan fingerprint density at radius 3 is 2.86 bits per heavy atom. The number of methoxy groups -OCH3 is 1. The minimum Gasteiger partial charge on any atom is -0.469 e. The summed E-state index contributed by atoms with van der Waals surface area (Å²) in [5.41, 5.74) is 0. The van der Waals surface area contributed by atoms with Crippen LogP contribution in [0.1, 0.15) is 32.1 Å². The van der Waals surface area contributed by atoms with Crippen LogP contribution in [0.15, 0.2) is 0 Å². The Morgan fingerprint density at radius 1 is 1.50 bits per heavy atom. The first kappa shape index (κ1) is 11.5. The van der Waals surface area contributed by atoms with Gasteiger partial charge in [-0.1, -0.05) is 0 Å². The van der Waals surface area contributed by atoms with Crippen molar-refractivity contribution in [3.63, 3.8) is 0 Å².